The Morgan fingerprint density at radius 1 is 1.13 bits per heavy atom. The maximum absolute atomic E-state index is 13.8. The summed E-state index contributed by atoms with van der Waals surface area (Å²) in [6.07, 6.45) is 0. The molecule has 0 radical (unpaired) electrons. The van der Waals surface area contributed by atoms with Gasteiger partial charge < -0.3 is 14.9 Å². The summed E-state index contributed by atoms with van der Waals surface area (Å²) in [4.78, 5) is 28.6. The standard InChI is InChI=1S/C18H14BrF2O5PS.3Na.3H/c19-16-10-13(6-7-15(16)18(20,21)27(24,25)26)11-28-8-2-4-12-3-1-5-14(9-12)17(22)23;;;;;;/h1,3,5-7,9-10H,8,11H2,(H,22,23)(H2,24,25,26);;;;;;. The van der Waals surface area contributed by atoms with Crippen LogP contribution in [0.5, 0.6) is 0 Å². The number of thioether (sulfide) groups is 1. The summed E-state index contributed by atoms with van der Waals surface area (Å²) in [6, 6.07) is 9.99. The zero-order valence-corrected chi connectivity index (χ0v) is 17.4. The summed E-state index contributed by atoms with van der Waals surface area (Å²) in [5.41, 5.74) is -3.64. The zero-order chi connectivity index (χ0) is 20.9. The van der Waals surface area contributed by atoms with Gasteiger partial charge in [-0.15, -0.1) is 11.8 Å². The van der Waals surface area contributed by atoms with Crippen molar-refractivity contribution in [3.05, 3.63) is 69.2 Å². The Bertz CT molecular complexity index is 1010. The van der Waals surface area contributed by atoms with Crippen molar-refractivity contribution in [3.8, 4) is 11.8 Å². The molecular weight excluding hydrogens is 546 g/mol. The number of hydrogen-bond donors (Lipinski definition) is 3. The molecule has 0 unspecified atom stereocenters. The molecule has 2 aromatic rings. The minimum absolute atomic E-state index is 0. The molecule has 0 aromatic heterocycles. The fourth-order valence-corrected chi connectivity index (χ4v) is 4.17. The van der Waals surface area contributed by atoms with Crippen molar-refractivity contribution in [2.45, 2.75) is 11.4 Å². The van der Waals surface area contributed by atoms with E-state index < -0.39 is 24.8 Å². The number of halogens is 3. The molecule has 0 aliphatic rings. The van der Waals surface area contributed by atoms with Gasteiger partial charge in [0.05, 0.1) is 11.3 Å². The second-order valence-corrected chi connectivity index (χ2v) is 9.07. The Balaban J connectivity index is 0. The van der Waals surface area contributed by atoms with Crippen molar-refractivity contribution in [2.75, 3.05) is 5.75 Å². The summed E-state index contributed by atoms with van der Waals surface area (Å²) in [5, 5.41) is 8.94. The molecular formula is C18H17BrF2Na3O5PS. The van der Waals surface area contributed by atoms with E-state index in [2.05, 4.69) is 27.8 Å². The van der Waals surface area contributed by atoms with Crippen LogP contribution in [-0.4, -0.2) is 115 Å². The van der Waals surface area contributed by atoms with E-state index >= 15 is 0 Å². The van der Waals surface area contributed by atoms with Gasteiger partial charge in [0.15, 0.2) is 0 Å². The first kappa shape index (κ1) is 34.5. The number of rotatable bonds is 6. The molecule has 0 amide bonds. The van der Waals surface area contributed by atoms with Crippen molar-refractivity contribution in [2.24, 2.45) is 0 Å². The first-order valence-corrected chi connectivity index (χ1v) is 11.2. The zero-order valence-electron chi connectivity index (χ0n) is 14.1. The third kappa shape index (κ3) is 10.2. The topological polar surface area (TPSA) is 94.8 Å². The van der Waals surface area contributed by atoms with E-state index in [0.29, 0.717) is 22.6 Å². The number of aromatic carboxylic acids is 1. The fourth-order valence-electron chi connectivity index (χ4n) is 2.14. The van der Waals surface area contributed by atoms with Crippen LogP contribution in [0.1, 0.15) is 27.0 Å². The van der Waals surface area contributed by atoms with Gasteiger partial charge in [-0.1, -0.05) is 46.0 Å². The molecule has 154 valence electrons. The number of hydrogen-bond acceptors (Lipinski definition) is 3. The van der Waals surface area contributed by atoms with Gasteiger partial charge in [0.2, 0.25) is 0 Å². The van der Waals surface area contributed by atoms with Gasteiger partial charge in [-0.05, 0) is 29.8 Å². The summed E-state index contributed by atoms with van der Waals surface area (Å²) < 4.78 is 38.5. The van der Waals surface area contributed by atoms with Crippen LogP contribution in [0.15, 0.2) is 46.9 Å². The predicted octanol–water partition coefficient (Wildman–Crippen LogP) is 2.71. The fraction of sp³-hybridized carbons (Fsp3) is 0.167. The van der Waals surface area contributed by atoms with Crippen molar-refractivity contribution in [1.29, 1.82) is 0 Å². The third-order valence-corrected chi connectivity index (χ3v) is 6.02. The number of carbonyl (C=O) groups is 1. The quantitative estimate of drug-likeness (QED) is 0.217. The van der Waals surface area contributed by atoms with E-state index in [1.807, 2.05) is 0 Å². The van der Waals surface area contributed by atoms with Crippen LogP contribution >= 0.6 is 35.3 Å². The molecule has 13 heteroatoms. The van der Waals surface area contributed by atoms with Gasteiger partial charge in [-0.3, -0.25) is 4.57 Å². The molecule has 0 aliphatic heterocycles. The van der Waals surface area contributed by atoms with Crippen molar-refractivity contribution >= 4 is 130 Å². The Morgan fingerprint density at radius 3 is 2.32 bits per heavy atom. The van der Waals surface area contributed by atoms with Crippen LogP contribution in [0.4, 0.5) is 8.78 Å². The van der Waals surface area contributed by atoms with Gasteiger partial charge in [0, 0.05) is 21.4 Å². The van der Waals surface area contributed by atoms with Gasteiger partial charge in [-0.25, -0.2) is 4.79 Å². The molecule has 2 rings (SSSR count). The van der Waals surface area contributed by atoms with Crippen LogP contribution in [0.2, 0.25) is 0 Å². The van der Waals surface area contributed by atoms with E-state index in [9.17, 15) is 18.1 Å². The Labute approximate surface area is 257 Å². The van der Waals surface area contributed by atoms with Crippen LogP contribution in [0, 0.1) is 11.8 Å². The maximum atomic E-state index is 13.8. The molecule has 31 heavy (non-hydrogen) atoms. The molecule has 0 fully saturated rings. The van der Waals surface area contributed by atoms with Crippen LogP contribution in [0.3, 0.4) is 0 Å². The van der Waals surface area contributed by atoms with E-state index in [0.717, 1.165) is 6.07 Å². The molecule has 2 aromatic carbocycles. The summed E-state index contributed by atoms with van der Waals surface area (Å²) in [7, 11) is -5.63. The Hall–Kier alpha value is 1.31. The van der Waals surface area contributed by atoms with Gasteiger partial charge in [0.25, 0.3) is 0 Å². The second kappa shape index (κ2) is 15.3. The van der Waals surface area contributed by atoms with E-state index in [-0.39, 0.29) is 98.7 Å². The van der Waals surface area contributed by atoms with Crippen LogP contribution < -0.4 is 0 Å². The second-order valence-electron chi connectivity index (χ2n) is 5.58. The van der Waals surface area contributed by atoms with E-state index in [1.54, 1.807) is 12.1 Å². The number of benzene rings is 2. The molecule has 3 N–H and O–H groups in total. The van der Waals surface area contributed by atoms with Gasteiger partial charge >= 0.3 is 108 Å². The molecule has 5 nitrogen and oxygen atoms in total. The van der Waals surface area contributed by atoms with E-state index in [1.165, 1.54) is 36.0 Å². The van der Waals surface area contributed by atoms with E-state index in [4.69, 9.17) is 14.9 Å². The normalized spacial score (nSPS) is 10.5. The molecule has 0 bridgehead atoms. The average molecular weight is 563 g/mol. The van der Waals surface area contributed by atoms with Gasteiger partial charge in [-0.2, -0.15) is 8.78 Å². The minimum atomic E-state index is -5.63. The molecule has 0 atom stereocenters. The Morgan fingerprint density at radius 2 is 1.77 bits per heavy atom. The first-order chi connectivity index (χ1) is 13.0. The molecule has 0 saturated carbocycles. The third-order valence-electron chi connectivity index (χ3n) is 3.51. The number of carboxylic acids is 1. The van der Waals surface area contributed by atoms with Crippen LogP contribution in [0.25, 0.3) is 0 Å². The molecule has 0 heterocycles. The Kier molecular flexibility index (Phi) is 17.1. The van der Waals surface area contributed by atoms with Gasteiger partial charge in [0.1, 0.15) is 0 Å². The SMILES string of the molecule is O=C(O)c1cccc(C#CCSCc2ccc(C(F)(F)P(=O)(O)O)c(Br)c2)c1.[NaH].[NaH].[NaH]. The molecule has 0 spiro atoms. The monoisotopic (exact) mass is 562 g/mol. The van der Waals surface area contributed by atoms with Crippen LogP contribution in [-0.2, 0) is 16.0 Å². The molecule has 0 aliphatic carbocycles. The van der Waals surface area contributed by atoms with Crippen molar-refractivity contribution in [3.63, 3.8) is 0 Å². The predicted molar refractivity (Wildman–Crippen MR) is 128 cm³/mol. The first-order valence-electron chi connectivity index (χ1n) is 7.64. The number of carboxylic acid groups (broad SMARTS) is 1. The summed E-state index contributed by atoms with van der Waals surface area (Å²) >= 11 is 4.35. The van der Waals surface area contributed by atoms with Crippen molar-refractivity contribution < 1.29 is 33.0 Å². The summed E-state index contributed by atoms with van der Waals surface area (Å²) in [5.74, 6) is 5.59. The van der Waals surface area contributed by atoms with Crippen molar-refractivity contribution in [1.82, 2.24) is 0 Å². The average Bonchev–Trinajstić information content (AvgIpc) is 2.60. The summed E-state index contributed by atoms with van der Waals surface area (Å²) in [6.45, 7) is 0. The number of alkyl halides is 2. The molecule has 0 saturated heterocycles.